The summed E-state index contributed by atoms with van der Waals surface area (Å²) in [7, 11) is 0. The molecule has 3 heterocycles. The first-order valence-electron chi connectivity index (χ1n) is 11.7. The molecule has 5 rings (SSSR count). The maximum atomic E-state index is 12.8. The van der Waals surface area contributed by atoms with Gasteiger partial charge in [-0.1, -0.05) is 29.8 Å². The van der Waals surface area contributed by atoms with Gasteiger partial charge in [-0.05, 0) is 85.4 Å². The molecule has 2 aromatic heterocycles. The third-order valence-corrected chi connectivity index (χ3v) is 6.73. The molecule has 36 heavy (non-hydrogen) atoms. The van der Waals surface area contributed by atoms with Crippen LogP contribution in [-0.4, -0.2) is 27.4 Å². The molecule has 2 unspecified atom stereocenters. The van der Waals surface area contributed by atoms with Gasteiger partial charge >= 0.3 is 0 Å². The second-order valence-electron chi connectivity index (χ2n) is 8.70. The number of furan rings is 1. The van der Waals surface area contributed by atoms with E-state index in [1.807, 2.05) is 90.7 Å². The molecule has 0 aliphatic carbocycles. The van der Waals surface area contributed by atoms with E-state index in [0.29, 0.717) is 16.7 Å². The van der Waals surface area contributed by atoms with Crippen molar-refractivity contribution >= 4 is 40.5 Å². The van der Waals surface area contributed by atoms with Crippen LogP contribution in [0.1, 0.15) is 35.5 Å². The first-order chi connectivity index (χ1) is 17.5. The lowest BCUT2D eigenvalue weighted by Crippen LogP contribution is -2.32. The number of nitrogens with one attached hydrogen (secondary N) is 2. The highest BCUT2D eigenvalue weighted by Crippen LogP contribution is 2.40. The second kappa shape index (κ2) is 10.5. The SMILES string of the molecule is Cc1cccc(NC(=O)CCN2C(=S)NC(c3ccccn3)C2c2ccc(-c3ccc(Cl)cc3)o2)c1. The zero-order valence-electron chi connectivity index (χ0n) is 19.6. The van der Waals surface area contributed by atoms with Crippen molar-refractivity contribution in [3.63, 3.8) is 0 Å². The number of benzene rings is 2. The maximum Gasteiger partial charge on any atom is 0.226 e. The molecule has 1 saturated heterocycles. The number of amides is 1. The monoisotopic (exact) mass is 516 g/mol. The molecule has 1 aliphatic heterocycles. The topological polar surface area (TPSA) is 70.4 Å². The Morgan fingerprint density at radius 2 is 1.94 bits per heavy atom. The van der Waals surface area contributed by atoms with Gasteiger partial charge in [-0.15, -0.1) is 0 Å². The largest absolute Gasteiger partial charge is 0.459 e. The van der Waals surface area contributed by atoms with E-state index < -0.39 is 0 Å². The van der Waals surface area contributed by atoms with Gasteiger partial charge in [0, 0.05) is 35.4 Å². The van der Waals surface area contributed by atoms with E-state index in [9.17, 15) is 4.79 Å². The van der Waals surface area contributed by atoms with Gasteiger partial charge in [-0.3, -0.25) is 9.78 Å². The molecule has 2 N–H and O–H groups in total. The molecule has 1 fully saturated rings. The number of rotatable bonds is 7. The number of thiocarbonyl (C=S) groups is 1. The van der Waals surface area contributed by atoms with Gasteiger partial charge < -0.3 is 20.0 Å². The van der Waals surface area contributed by atoms with Crippen LogP contribution in [0.25, 0.3) is 11.3 Å². The Hall–Kier alpha value is -3.68. The zero-order valence-corrected chi connectivity index (χ0v) is 21.2. The van der Waals surface area contributed by atoms with Crippen LogP contribution in [0, 0.1) is 6.92 Å². The van der Waals surface area contributed by atoms with Gasteiger partial charge in [0.25, 0.3) is 0 Å². The van der Waals surface area contributed by atoms with E-state index in [-0.39, 0.29) is 24.4 Å². The zero-order chi connectivity index (χ0) is 25.1. The van der Waals surface area contributed by atoms with E-state index in [1.165, 1.54) is 0 Å². The summed E-state index contributed by atoms with van der Waals surface area (Å²) < 4.78 is 6.33. The normalized spacial score (nSPS) is 17.2. The van der Waals surface area contributed by atoms with Gasteiger partial charge in [0.2, 0.25) is 5.91 Å². The van der Waals surface area contributed by atoms with Crippen LogP contribution < -0.4 is 10.6 Å². The van der Waals surface area contributed by atoms with Crippen molar-refractivity contribution in [2.75, 3.05) is 11.9 Å². The molecule has 8 heteroatoms. The van der Waals surface area contributed by atoms with Crippen molar-refractivity contribution in [2.24, 2.45) is 0 Å². The highest BCUT2D eigenvalue weighted by molar-refractivity contribution is 7.80. The molecular formula is C28H25ClN4O2S. The minimum absolute atomic E-state index is 0.0789. The number of nitrogens with zero attached hydrogens (tertiary/aromatic N) is 2. The van der Waals surface area contributed by atoms with Crippen LogP contribution >= 0.6 is 23.8 Å². The number of aryl methyl sites for hydroxylation is 1. The minimum atomic E-state index is -0.264. The molecular weight excluding hydrogens is 492 g/mol. The van der Waals surface area contributed by atoms with E-state index >= 15 is 0 Å². The van der Waals surface area contributed by atoms with Crippen LogP contribution in [0.4, 0.5) is 5.69 Å². The number of carbonyl (C=O) groups is 1. The second-order valence-corrected chi connectivity index (χ2v) is 9.52. The fraction of sp³-hybridized carbons (Fsp3) is 0.179. The Kier molecular flexibility index (Phi) is 7.02. The number of aromatic nitrogens is 1. The van der Waals surface area contributed by atoms with Gasteiger partial charge in [-0.2, -0.15) is 0 Å². The molecule has 1 amide bonds. The lowest BCUT2D eigenvalue weighted by molar-refractivity contribution is -0.116. The number of carbonyl (C=O) groups excluding carboxylic acids is 1. The number of hydrogen-bond donors (Lipinski definition) is 2. The Morgan fingerprint density at radius 1 is 1.11 bits per heavy atom. The number of hydrogen-bond acceptors (Lipinski definition) is 4. The first-order valence-corrected chi connectivity index (χ1v) is 12.5. The minimum Gasteiger partial charge on any atom is -0.459 e. The summed E-state index contributed by atoms with van der Waals surface area (Å²) in [5.74, 6) is 1.39. The van der Waals surface area contributed by atoms with Crippen LogP contribution in [0.5, 0.6) is 0 Å². The summed E-state index contributed by atoms with van der Waals surface area (Å²) in [6.07, 6.45) is 2.03. The maximum absolute atomic E-state index is 12.8. The summed E-state index contributed by atoms with van der Waals surface area (Å²) in [6.45, 7) is 2.42. The van der Waals surface area contributed by atoms with Gasteiger partial charge in [0.15, 0.2) is 5.11 Å². The number of anilines is 1. The summed E-state index contributed by atoms with van der Waals surface area (Å²) >= 11 is 11.8. The quantitative estimate of drug-likeness (QED) is 0.281. The Morgan fingerprint density at radius 3 is 2.69 bits per heavy atom. The van der Waals surface area contributed by atoms with Crippen molar-refractivity contribution < 1.29 is 9.21 Å². The van der Waals surface area contributed by atoms with Crippen molar-refractivity contribution in [1.82, 2.24) is 15.2 Å². The molecule has 0 saturated carbocycles. The first kappa shape index (κ1) is 24.0. The highest BCUT2D eigenvalue weighted by Gasteiger charge is 2.41. The molecule has 2 aromatic carbocycles. The molecule has 0 bridgehead atoms. The van der Waals surface area contributed by atoms with Crippen molar-refractivity contribution in [1.29, 1.82) is 0 Å². The standard InChI is InChI=1S/C28H25ClN4O2S/c1-18-5-4-6-21(17-18)31-25(34)14-16-33-27(26(32-28(33)36)22-7-2-3-15-30-22)24-13-12-23(35-24)19-8-10-20(29)11-9-19/h2-13,15,17,26-27H,14,16H2,1H3,(H,31,34)(H,32,36). The average Bonchev–Trinajstić information content (AvgIpc) is 3.48. The third kappa shape index (κ3) is 5.27. The van der Waals surface area contributed by atoms with E-state index in [0.717, 1.165) is 34.0 Å². The van der Waals surface area contributed by atoms with Gasteiger partial charge in [-0.25, -0.2) is 0 Å². The van der Waals surface area contributed by atoms with E-state index in [1.54, 1.807) is 6.20 Å². The fourth-order valence-corrected chi connectivity index (χ4v) is 4.86. The Balaban J connectivity index is 1.39. The highest BCUT2D eigenvalue weighted by atomic mass is 35.5. The van der Waals surface area contributed by atoms with E-state index in [2.05, 4.69) is 15.6 Å². The van der Waals surface area contributed by atoms with Crippen LogP contribution in [0.2, 0.25) is 5.02 Å². The third-order valence-electron chi connectivity index (χ3n) is 6.13. The molecule has 1 aliphatic rings. The summed E-state index contributed by atoms with van der Waals surface area (Å²) in [6, 6.07) is 24.5. The lowest BCUT2D eigenvalue weighted by atomic mass is 10.0. The smallest absolute Gasteiger partial charge is 0.226 e. The molecule has 182 valence electrons. The Bertz CT molecular complexity index is 1370. The van der Waals surface area contributed by atoms with Crippen molar-refractivity contribution in [2.45, 2.75) is 25.4 Å². The summed E-state index contributed by atoms with van der Waals surface area (Å²) in [4.78, 5) is 19.3. The molecule has 0 radical (unpaired) electrons. The lowest BCUT2D eigenvalue weighted by Gasteiger charge is -2.25. The molecule has 0 spiro atoms. The van der Waals surface area contributed by atoms with E-state index in [4.69, 9.17) is 28.2 Å². The summed E-state index contributed by atoms with van der Waals surface area (Å²) in [5.41, 5.74) is 3.65. The average molecular weight is 517 g/mol. The molecule has 2 atom stereocenters. The van der Waals surface area contributed by atoms with Crippen LogP contribution in [0.15, 0.2) is 89.5 Å². The van der Waals surface area contributed by atoms with Gasteiger partial charge in [0.1, 0.15) is 17.6 Å². The molecule has 6 nitrogen and oxygen atoms in total. The Labute approximate surface area is 220 Å². The van der Waals surface area contributed by atoms with Crippen molar-refractivity contribution in [3.8, 4) is 11.3 Å². The number of pyridine rings is 1. The predicted molar refractivity (Wildman–Crippen MR) is 146 cm³/mol. The predicted octanol–water partition coefficient (Wildman–Crippen LogP) is 6.30. The van der Waals surface area contributed by atoms with Crippen molar-refractivity contribution in [3.05, 3.63) is 107 Å². The number of halogens is 1. The summed E-state index contributed by atoms with van der Waals surface area (Å²) in [5, 5.41) is 7.59. The molecule has 4 aromatic rings. The van der Waals surface area contributed by atoms with Crippen LogP contribution in [0.3, 0.4) is 0 Å². The fourth-order valence-electron chi connectivity index (χ4n) is 4.40. The van der Waals surface area contributed by atoms with Crippen LogP contribution in [-0.2, 0) is 4.79 Å². The van der Waals surface area contributed by atoms with Gasteiger partial charge in [0.05, 0.1) is 11.7 Å².